The number of nitro groups is 1. The van der Waals surface area contributed by atoms with Gasteiger partial charge in [0.05, 0.1) is 4.92 Å². The Labute approximate surface area is 102 Å². The number of amides is 1. The molecular formula is C9H12N6O3. The molecule has 3 N–H and O–H groups in total. The van der Waals surface area contributed by atoms with Crippen LogP contribution in [0.3, 0.4) is 0 Å². The molecule has 1 fully saturated rings. The number of hydrogen-bond acceptors (Lipinski definition) is 7. The number of rotatable bonds is 2. The normalized spacial score (nSPS) is 16.0. The molecule has 18 heavy (non-hydrogen) atoms. The van der Waals surface area contributed by atoms with Crippen molar-refractivity contribution in [1.82, 2.24) is 15.3 Å². The van der Waals surface area contributed by atoms with Crippen LogP contribution in [0.25, 0.3) is 0 Å². The molecule has 9 nitrogen and oxygen atoms in total. The predicted molar refractivity (Wildman–Crippen MR) is 62.9 cm³/mol. The third-order valence-corrected chi connectivity index (χ3v) is 2.58. The number of nitrogens with one attached hydrogen (secondary N) is 1. The molecule has 0 unspecified atom stereocenters. The molecule has 96 valence electrons. The number of nitrogens with zero attached hydrogens (tertiary/aromatic N) is 4. The molecule has 0 saturated carbocycles. The fourth-order valence-corrected chi connectivity index (χ4v) is 1.72. The highest BCUT2D eigenvalue weighted by Gasteiger charge is 2.24. The van der Waals surface area contributed by atoms with Crippen molar-refractivity contribution in [2.24, 2.45) is 0 Å². The van der Waals surface area contributed by atoms with Gasteiger partial charge in [-0.2, -0.15) is 4.98 Å². The Balaban J connectivity index is 2.33. The largest absolute Gasteiger partial charge is 0.368 e. The first-order valence-corrected chi connectivity index (χ1v) is 5.36. The summed E-state index contributed by atoms with van der Waals surface area (Å²) in [5, 5.41) is 13.6. The Hall–Kier alpha value is -2.45. The van der Waals surface area contributed by atoms with E-state index in [1.165, 1.54) is 0 Å². The number of nitrogens with two attached hydrogens (primary N) is 1. The van der Waals surface area contributed by atoms with Crippen LogP contribution >= 0.6 is 0 Å². The van der Waals surface area contributed by atoms with Crippen molar-refractivity contribution in [1.29, 1.82) is 0 Å². The Morgan fingerprint density at radius 1 is 1.50 bits per heavy atom. The molecule has 9 heteroatoms. The first-order valence-electron chi connectivity index (χ1n) is 5.36. The van der Waals surface area contributed by atoms with Gasteiger partial charge in [0.15, 0.2) is 0 Å². The van der Waals surface area contributed by atoms with E-state index < -0.39 is 4.92 Å². The van der Waals surface area contributed by atoms with Crippen LogP contribution in [-0.2, 0) is 4.79 Å². The second-order valence-electron chi connectivity index (χ2n) is 3.78. The van der Waals surface area contributed by atoms with Crippen molar-refractivity contribution in [3.63, 3.8) is 0 Å². The number of aromatic nitrogens is 2. The lowest BCUT2D eigenvalue weighted by Crippen LogP contribution is -2.29. The highest BCUT2D eigenvalue weighted by atomic mass is 16.6. The lowest BCUT2D eigenvalue weighted by Gasteiger charge is -2.19. The minimum absolute atomic E-state index is 0.0286. The molecule has 2 rings (SSSR count). The topological polar surface area (TPSA) is 127 Å². The monoisotopic (exact) mass is 252 g/mol. The van der Waals surface area contributed by atoms with Gasteiger partial charge < -0.3 is 16.0 Å². The highest BCUT2D eigenvalue weighted by molar-refractivity contribution is 5.77. The summed E-state index contributed by atoms with van der Waals surface area (Å²) in [5.74, 6) is 0.0466. The van der Waals surface area contributed by atoms with E-state index in [-0.39, 0.29) is 29.8 Å². The number of carbonyl (C=O) groups is 1. The molecular weight excluding hydrogens is 240 g/mol. The van der Waals surface area contributed by atoms with Gasteiger partial charge in [-0.15, -0.1) is 0 Å². The Kier molecular flexibility index (Phi) is 3.22. The van der Waals surface area contributed by atoms with Gasteiger partial charge in [-0.25, -0.2) is 4.98 Å². The summed E-state index contributed by atoms with van der Waals surface area (Å²) >= 11 is 0. The molecule has 0 radical (unpaired) electrons. The Morgan fingerprint density at radius 2 is 2.28 bits per heavy atom. The van der Waals surface area contributed by atoms with Crippen LogP contribution < -0.4 is 16.0 Å². The van der Waals surface area contributed by atoms with Gasteiger partial charge in [0, 0.05) is 26.1 Å². The quantitative estimate of drug-likeness (QED) is 0.525. The highest BCUT2D eigenvalue weighted by Crippen LogP contribution is 2.25. The van der Waals surface area contributed by atoms with Crippen LogP contribution in [0.5, 0.6) is 0 Å². The van der Waals surface area contributed by atoms with Crippen LogP contribution in [0.2, 0.25) is 0 Å². The van der Waals surface area contributed by atoms with E-state index in [0.717, 1.165) is 6.20 Å². The fourth-order valence-electron chi connectivity index (χ4n) is 1.72. The van der Waals surface area contributed by atoms with Crippen LogP contribution in [0.4, 0.5) is 17.5 Å². The maximum atomic E-state index is 11.2. The van der Waals surface area contributed by atoms with E-state index in [1.54, 1.807) is 4.90 Å². The van der Waals surface area contributed by atoms with Crippen LogP contribution in [0.1, 0.15) is 6.42 Å². The standard InChI is InChI=1S/C9H12N6O3/c10-9-12-5-6(15(17)18)8(13-9)14-3-1-7(16)11-2-4-14/h5H,1-4H2,(H,11,16)(H2,10,12,13). The van der Waals surface area contributed by atoms with Gasteiger partial charge in [-0.05, 0) is 0 Å². The van der Waals surface area contributed by atoms with Gasteiger partial charge in [0.1, 0.15) is 6.20 Å². The molecule has 0 aliphatic carbocycles. The summed E-state index contributed by atoms with van der Waals surface area (Å²) in [7, 11) is 0. The van der Waals surface area contributed by atoms with E-state index in [0.29, 0.717) is 19.6 Å². The van der Waals surface area contributed by atoms with E-state index >= 15 is 0 Å². The van der Waals surface area contributed by atoms with Crippen molar-refractivity contribution in [3.05, 3.63) is 16.3 Å². The Morgan fingerprint density at radius 3 is 3.00 bits per heavy atom. The van der Waals surface area contributed by atoms with E-state index in [2.05, 4.69) is 15.3 Å². The van der Waals surface area contributed by atoms with Crippen LogP contribution in [0, 0.1) is 10.1 Å². The molecule has 0 aromatic carbocycles. The molecule has 1 saturated heterocycles. The molecule has 1 amide bonds. The summed E-state index contributed by atoms with van der Waals surface area (Å²) in [6, 6.07) is 0. The molecule has 0 bridgehead atoms. The maximum absolute atomic E-state index is 11.2. The summed E-state index contributed by atoms with van der Waals surface area (Å²) in [6.45, 7) is 1.23. The Bertz CT molecular complexity index is 491. The van der Waals surface area contributed by atoms with E-state index in [9.17, 15) is 14.9 Å². The second-order valence-corrected chi connectivity index (χ2v) is 3.78. The number of anilines is 2. The third kappa shape index (κ3) is 2.44. The van der Waals surface area contributed by atoms with E-state index in [1.807, 2.05) is 0 Å². The zero-order valence-corrected chi connectivity index (χ0v) is 9.50. The summed E-state index contributed by atoms with van der Waals surface area (Å²) in [6.07, 6.45) is 1.35. The number of nitrogen functional groups attached to an aromatic ring is 1. The van der Waals surface area contributed by atoms with Gasteiger partial charge in [-0.3, -0.25) is 14.9 Å². The first-order chi connectivity index (χ1) is 8.58. The molecule has 2 heterocycles. The predicted octanol–water partition coefficient (Wildman–Crippen LogP) is -0.707. The molecule has 0 spiro atoms. The van der Waals surface area contributed by atoms with Crippen molar-refractivity contribution in [2.45, 2.75) is 6.42 Å². The van der Waals surface area contributed by atoms with Crippen molar-refractivity contribution in [2.75, 3.05) is 30.3 Å². The fraction of sp³-hybridized carbons (Fsp3) is 0.444. The van der Waals surface area contributed by atoms with Gasteiger partial charge in [0.2, 0.25) is 17.7 Å². The zero-order valence-electron chi connectivity index (χ0n) is 9.50. The lowest BCUT2D eigenvalue weighted by atomic mass is 10.3. The molecule has 1 aliphatic heterocycles. The van der Waals surface area contributed by atoms with E-state index in [4.69, 9.17) is 5.73 Å². The summed E-state index contributed by atoms with van der Waals surface area (Å²) in [4.78, 5) is 30.7. The molecule has 1 aliphatic rings. The van der Waals surface area contributed by atoms with Crippen LogP contribution in [0.15, 0.2) is 6.20 Å². The zero-order chi connectivity index (χ0) is 13.1. The SMILES string of the molecule is Nc1ncc([N+](=O)[O-])c(N2CCNC(=O)CC2)n1. The third-order valence-electron chi connectivity index (χ3n) is 2.58. The van der Waals surface area contributed by atoms with Crippen LogP contribution in [-0.4, -0.2) is 40.4 Å². The van der Waals surface area contributed by atoms with Crippen molar-refractivity contribution < 1.29 is 9.72 Å². The smallest absolute Gasteiger partial charge is 0.329 e. The molecule has 0 atom stereocenters. The number of carbonyl (C=O) groups excluding carboxylic acids is 1. The van der Waals surface area contributed by atoms with Crippen molar-refractivity contribution in [3.8, 4) is 0 Å². The molecule has 1 aromatic heterocycles. The average Bonchev–Trinajstić information content (AvgIpc) is 2.53. The maximum Gasteiger partial charge on any atom is 0.329 e. The number of hydrogen-bond donors (Lipinski definition) is 2. The van der Waals surface area contributed by atoms with Gasteiger partial charge >= 0.3 is 5.69 Å². The minimum atomic E-state index is -0.561. The molecule has 1 aromatic rings. The second kappa shape index (κ2) is 4.82. The summed E-state index contributed by atoms with van der Waals surface area (Å²) < 4.78 is 0. The minimum Gasteiger partial charge on any atom is -0.368 e. The lowest BCUT2D eigenvalue weighted by molar-refractivity contribution is -0.384. The van der Waals surface area contributed by atoms with Gasteiger partial charge in [-0.1, -0.05) is 0 Å². The average molecular weight is 252 g/mol. The van der Waals surface area contributed by atoms with Gasteiger partial charge in [0.25, 0.3) is 0 Å². The summed E-state index contributed by atoms with van der Waals surface area (Å²) in [5.41, 5.74) is 5.24. The first kappa shape index (κ1) is 12.0. The van der Waals surface area contributed by atoms with Crippen molar-refractivity contribution >= 4 is 23.4 Å².